The van der Waals surface area contributed by atoms with Crippen molar-refractivity contribution in [1.29, 1.82) is 0 Å². The van der Waals surface area contributed by atoms with Crippen molar-refractivity contribution < 1.29 is 4.79 Å². The largest absolute Gasteiger partial charge is 0.399 e. The highest BCUT2D eigenvalue weighted by molar-refractivity contribution is 5.92. The van der Waals surface area contributed by atoms with E-state index in [-0.39, 0.29) is 11.9 Å². The zero-order chi connectivity index (χ0) is 13.8. The summed E-state index contributed by atoms with van der Waals surface area (Å²) in [7, 11) is 0. The number of nitrogens with two attached hydrogens (primary N) is 1. The fraction of sp³-hybridized carbons (Fsp3) is 0.308. The molecule has 0 atom stereocenters. The lowest BCUT2D eigenvalue weighted by Gasteiger charge is -2.26. The molecule has 0 unspecified atom stereocenters. The summed E-state index contributed by atoms with van der Waals surface area (Å²) < 4.78 is 0. The standard InChI is InChI=1S/C13H17N5O/c1-9(2)18(13(19)12-7-15-17-16-12)8-10-4-3-5-11(14)6-10/h3-7,9H,8,14H2,1-2H3,(H,15,16,17). The summed E-state index contributed by atoms with van der Waals surface area (Å²) in [4.78, 5) is 14.0. The highest BCUT2D eigenvalue weighted by Crippen LogP contribution is 2.14. The predicted molar refractivity (Wildman–Crippen MR) is 72.2 cm³/mol. The van der Waals surface area contributed by atoms with Crippen LogP contribution in [0.3, 0.4) is 0 Å². The number of rotatable bonds is 4. The van der Waals surface area contributed by atoms with Gasteiger partial charge in [-0.3, -0.25) is 4.79 Å². The summed E-state index contributed by atoms with van der Waals surface area (Å²) in [5.74, 6) is -0.147. The first-order valence-electron chi connectivity index (χ1n) is 6.09. The summed E-state index contributed by atoms with van der Waals surface area (Å²) >= 11 is 0. The van der Waals surface area contributed by atoms with Crippen LogP contribution < -0.4 is 5.73 Å². The third kappa shape index (κ3) is 3.09. The van der Waals surface area contributed by atoms with Gasteiger partial charge in [-0.2, -0.15) is 15.4 Å². The van der Waals surface area contributed by atoms with Crippen LogP contribution in [0, 0.1) is 0 Å². The van der Waals surface area contributed by atoms with Crippen LogP contribution in [0.4, 0.5) is 5.69 Å². The molecule has 100 valence electrons. The summed E-state index contributed by atoms with van der Waals surface area (Å²) in [6.45, 7) is 4.42. The zero-order valence-corrected chi connectivity index (χ0v) is 11.0. The van der Waals surface area contributed by atoms with Crippen LogP contribution in [0.2, 0.25) is 0 Å². The number of hydrogen-bond acceptors (Lipinski definition) is 4. The molecule has 6 heteroatoms. The van der Waals surface area contributed by atoms with Gasteiger partial charge in [0.05, 0.1) is 6.20 Å². The second-order valence-electron chi connectivity index (χ2n) is 4.63. The lowest BCUT2D eigenvalue weighted by molar-refractivity contribution is 0.0684. The molecule has 6 nitrogen and oxygen atoms in total. The molecule has 0 saturated heterocycles. The molecular formula is C13H17N5O. The van der Waals surface area contributed by atoms with Crippen LogP contribution in [0.5, 0.6) is 0 Å². The number of nitrogen functional groups attached to an aromatic ring is 1. The quantitative estimate of drug-likeness (QED) is 0.813. The maximum absolute atomic E-state index is 12.3. The molecule has 2 aromatic rings. The van der Waals surface area contributed by atoms with E-state index in [1.807, 2.05) is 38.1 Å². The molecule has 1 aromatic heterocycles. The summed E-state index contributed by atoms with van der Waals surface area (Å²) in [6.07, 6.45) is 1.43. The minimum Gasteiger partial charge on any atom is -0.399 e. The Morgan fingerprint density at radius 1 is 1.47 bits per heavy atom. The number of hydrogen-bond donors (Lipinski definition) is 2. The molecule has 19 heavy (non-hydrogen) atoms. The molecule has 0 aliphatic carbocycles. The Balaban J connectivity index is 2.19. The van der Waals surface area contributed by atoms with E-state index in [0.29, 0.717) is 17.9 Å². The molecule has 3 N–H and O–H groups in total. The fourth-order valence-electron chi connectivity index (χ4n) is 1.83. The monoisotopic (exact) mass is 259 g/mol. The van der Waals surface area contributed by atoms with Crippen LogP contribution in [0.15, 0.2) is 30.5 Å². The Bertz CT molecular complexity index is 550. The number of carbonyl (C=O) groups is 1. The zero-order valence-electron chi connectivity index (χ0n) is 11.0. The first kappa shape index (κ1) is 13.1. The third-order valence-corrected chi connectivity index (χ3v) is 2.82. The van der Waals surface area contributed by atoms with E-state index in [9.17, 15) is 4.79 Å². The van der Waals surface area contributed by atoms with Gasteiger partial charge in [-0.05, 0) is 31.5 Å². The van der Waals surface area contributed by atoms with Crippen molar-refractivity contribution in [2.45, 2.75) is 26.4 Å². The van der Waals surface area contributed by atoms with Crippen LogP contribution in [0.25, 0.3) is 0 Å². The molecule has 0 aliphatic heterocycles. The first-order chi connectivity index (χ1) is 9.08. The summed E-state index contributed by atoms with van der Waals surface area (Å²) in [5, 5.41) is 9.94. The van der Waals surface area contributed by atoms with Gasteiger partial charge in [0, 0.05) is 18.3 Å². The van der Waals surface area contributed by atoms with Crippen LogP contribution in [-0.4, -0.2) is 32.3 Å². The minimum atomic E-state index is -0.147. The molecule has 2 rings (SSSR count). The number of aromatic nitrogens is 3. The van der Waals surface area contributed by atoms with Gasteiger partial charge in [0.15, 0.2) is 5.69 Å². The van der Waals surface area contributed by atoms with E-state index >= 15 is 0 Å². The van der Waals surface area contributed by atoms with E-state index in [1.165, 1.54) is 6.20 Å². The second kappa shape index (κ2) is 5.51. The molecule has 0 spiro atoms. The molecular weight excluding hydrogens is 242 g/mol. The van der Waals surface area contributed by atoms with E-state index < -0.39 is 0 Å². The SMILES string of the molecule is CC(C)N(Cc1cccc(N)c1)C(=O)c1cn[nH]n1. The average Bonchev–Trinajstić information content (AvgIpc) is 2.88. The van der Waals surface area contributed by atoms with Gasteiger partial charge < -0.3 is 10.6 Å². The third-order valence-electron chi connectivity index (χ3n) is 2.82. The van der Waals surface area contributed by atoms with Crippen LogP contribution >= 0.6 is 0 Å². The molecule has 1 aromatic carbocycles. The minimum absolute atomic E-state index is 0.0608. The van der Waals surface area contributed by atoms with E-state index in [4.69, 9.17) is 5.73 Å². The van der Waals surface area contributed by atoms with Crippen molar-refractivity contribution in [1.82, 2.24) is 20.3 Å². The Labute approximate surface area is 111 Å². The maximum Gasteiger partial charge on any atom is 0.276 e. The van der Waals surface area contributed by atoms with Crippen LogP contribution in [0.1, 0.15) is 29.9 Å². The van der Waals surface area contributed by atoms with Gasteiger partial charge in [0.25, 0.3) is 5.91 Å². The number of amides is 1. The van der Waals surface area contributed by atoms with Crippen molar-refractivity contribution in [2.24, 2.45) is 0 Å². The van der Waals surface area contributed by atoms with E-state index in [0.717, 1.165) is 5.56 Å². The Morgan fingerprint density at radius 3 is 2.84 bits per heavy atom. The first-order valence-corrected chi connectivity index (χ1v) is 6.09. The molecule has 0 bridgehead atoms. The molecule has 0 aliphatic rings. The summed E-state index contributed by atoms with van der Waals surface area (Å²) in [5.41, 5.74) is 7.75. The lowest BCUT2D eigenvalue weighted by atomic mass is 10.1. The fourth-order valence-corrected chi connectivity index (χ4v) is 1.83. The van der Waals surface area contributed by atoms with E-state index in [2.05, 4.69) is 15.4 Å². The number of aromatic amines is 1. The van der Waals surface area contributed by atoms with Crippen molar-refractivity contribution in [3.63, 3.8) is 0 Å². The van der Waals surface area contributed by atoms with Gasteiger partial charge in [-0.25, -0.2) is 0 Å². The maximum atomic E-state index is 12.3. The number of carbonyl (C=O) groups excluding carboxylic acids is 1. The highest BCUT2D eigenvalue weighted by atomic mass is 16.2. The molecule has 0 saturated carbocycles. The second-order valence-corrected chi connectivity index (χ2v) is 4.63. The smallest absolute Gasteiger partial charge is 0.276 e. The van der Waals surface area contributed by atoms with Gasteiger partial charge >= 0.3 is 0 Å². The topological polar surface area (TPSA) is 87.9 Å². The lowest BCUT2D eigenvalue weighted by Crippen LogP contribution is -2.36. The highest BCUT2D eigenvalue weighted by Gasteiger charge is 2.21. The number of nitrogens with one attached hydrogen (secondary N) is 1. The normalized spacial score (nSPS) is 10.7. The molecule has 0 fully saturated rings. The molecule has 0 radical (unpaired) electrons. The number of H-pyrrole nitrogens is 1. The number of anilines is 1. The van der Waals surface area contributed by atoms with E-state index in [1.54, 1.807) is 4.90 Å². The predicted octanol–water partition coefficient (Wildman–Crippen LogP) is 1.44. The Hall–Kier alpha value is -2.37. The van der Waals surface area contributed by atoms with Gasteiger partial charge in [-0.15, -0.1) is 0 Å². The van der Waals surface area contributed by atoms with Gasteiger partial charge in [0.2, 0.25) is 0 Å². The van der Waals surface area contributed by atoms with Gasteiger partial charge in [-0.1, -0.05) is 12.1 Å². The summed E-state index contributed by atoms with van der Waals surface area (Å²) in [6, 6.07) is 7.57. The van der Waals surface area contributed by atoms with Crippen molar-refractivity contribution in [3.8, 4) is 0 Å². The Kier molecular flexibility index (Phi) is 3.79. The average molecular weight is 259 g/mol. The Morgan fingerprint density at radius 2 is 2.26 bits per heavy atom. The number of nitrogens with zero attached hydrogens (tertiary/aromatic N) is 3. The van der Waals surface area contributed by atoms with Crippen molar-refractivity contribution in [2.75, 3.05) is 5.73 Å². The number of benzene rings is 1. The van der Waals surface area contributed by atoms with Crippen LogP contribution in [-0.2, 0) is 6.54 Å². The van der Waals surface area contributed by atoms with Crippen molar-refractivity contribution >= 4 is 11.6 Å². The van der Waals surface area contributed by atoms with Gasteiger partial charge in [0.1, 0.15) is 0 Å². The van der Waals surface area contributed by atoms with Crippen molar-refractivity contribution in [3.05, 3.63) is 41.7 Å². The molecule has 1 heterocycles. The molecule has 1 amide bonds.